The summed E-state index contributed by atoms with van der Waals surface area (Å²) in [4.78, 5) is 3.51. The number of fused-ring (bicyclic) bond motifs is 3. The number of aromatic nitrogens is 1. The van der Waals surface area contributed by atoms with Crippen molar-refractivity contribution in [2.45, 2.75) is 26.2 Å². The first-order chi connectivity index (χ1) is 9.33. The number of nitrogens with one attached hydrogen (secondary N) is 1. The van der Waals surface area contributed by atoms with Crippen molar-refractivity contribution in [1.29, 1.82) is 0 Å². The number of unbranched alkanes of at least 4 members (excludes halogenated alkanes) is 1. The van der Waals surface area contributed by atoms with Gasteiger partial charge in [0, 0.05) is 16.3 Å². The van der Waals surface area contributed by atoms with Gasteiger partial charge in [0.25, 0.3) is 0 Å². The zero-order valence-corrected chi connectivity index (χ0v) is 11.4. The van der Waals surface area contributed by atoms with Crippen molar-refractivity contribution in [3.63, 3.8) is 0 Å². The largest absolute Gasteiger partial charge is 0.354 e. The van der Waals surface area contributed by atoms with Gasteiger partial charge in [-0.05, 0) is 42.2 Å². The Bertz CT molecular complexity index is 734. The maximum atomic E-state index is 3.95. The number of aromatic amines is 1. The van der Waals surface area contributed by atoms with Crippen molar-refractivity contribution in [2.24, 2.45) is 0 Å². The standard InChI is InChI=1S/C18H19N/c1-3-5-8-13-11-14(4-2)18-16(12-13)15-9-6-7-10-17(15)19-18/h4,6-7,9-12,19H,2-3,5,8H2,1H3. The lowest BCUT2D eigenvalue weighted by Gasteiger charge is -2.04. The molecule has 3 aromatic rings. The molecule has 0 fully saturated rings. The Kier molecular flexibility index (Phi) is 3.12. The van der Waals surface area contributed by atoms with Gasteiger partial charge in [0.1, 0.15) is 0 Å². The van der Waals surface area contributed by atoms with Crippen LogP contribution in [0.4, 0.5) is 0 Å². The van der Waals surface area contributed by atoms with Gasteiger partial charge >= 0.3 is 0 Å². The highest BCUT2D eigenvalue weighted by atomic mass is 14.7. The van der Waals surface area contributed by atoms with Crippen molar-refractivity contribution in [2.75, 3.05) is 0 Å². The topological polar surface area (TPSA) is 15.8 Å². The van der Waals surface area contributed by atoms with Gasteiger partial charge in [-0.15, -0.1) is 0 Å². The summed E-state index contributed by atoms with van der Waals surface area (Å²) in [5.74, 6) is 0. The van der Waals surface area contributed by atoms with E-state index < -0.39 is 0 Å². The minimum absolute atomic E-state index is 1.15. The third kappa shape index (κ3) is 2.06. The molecule has 19 heavy (non-hydrogen) atoms. The molecule has 0 atom stereocenters. The van der Waals surface area contributed by atoms with E-state index in [1.165, 1.54) is 45.8 Å². The normalized spacial score (nSPS) is 11.2. The predicted molar refractivity (Wildman–Crippen MR) is 84.5 cm³/mol. The van der Waals surface area contributed by atoms with E-state index in [-0.39, 0.29) is 0 Å². The maximum Gasteiger partial charge on any atom is 0.0538 e. The fraction of sp³-hybridized carbons (Fsp3) is 0.222. The molecule has 3 rings (SSSR count). The van der Waals surface area contributed by atoms with Gasteiger partial charge < -0.3 is 4.98 Å². The maximum absolute atomic E-state index is 3.95. The van der Waals surface area contributed by atoms with Crippen LogP contribution >= 0.6 is 0 Å². The van der Waals surface area contributed by atoms with Gasteiger partial charge in [0.15, 0.2) is 0 Å². The van der Waals surface area contributed by atoms with Crippen LogP contribution in [0, 0.1) is 0 Å². The molecular formula is C18H19N. The molecule has 0 aliphatic heterocycles. The van der Waals surface area contributed by atoms with Crippen LogP contribution in [0.3, 0.4) is 0 Å². The van der Waals surface area contributed by atoms with E-state index in [2.05, 4.69) is 54.9 Å². The molecule has 0 aliphatic carbocycles. The van der Waals surface area contributed by atoms with Gasteiger partial charge in [-0.2, -0.15) is 0 Å². The van der Waals surface area contributed by atoms with Gasteiger partial charge in [0.05, 0.1) is 5.52 Å². The molecule has 1 nitrogen and oxygen atoms in total. The molecule has 0 saturated heterocycles. The third-order valence-corrected chi connectivity index (χ3v) is 3.74. The molecule has 1 N–H and O–H groups in total. The fourth-order valence-electron chi connectivity index (χ4n) is 2.73. The van der Waals surface area contributed by atoms with Crippen LogP contribution in [-0.4, -0.2) is 4.98 Å². The second-order valence-corrected chi connectivity index (χ2v) is 5.09. The minimum atomic E-state index is 1.15. The van der Waals surface area contributed by atoms with Crippen LogP contribution in [0.2, 0.25) is 0 Å². The zero-order valence-electron chi connectivity index (χ0n) is 11.4. The second-order valence-electron chi connectivity index (χ2n) is 5.09. The van der Waals surface area contributed by atoms with Crippen molar-refractivity contribution in [1.82, 2.24) is 4.98 Å². The van der Waals surface area contributed by atoms with Crippen molar-refractivity contribution < 1.29 is 0 Å². The Morgan fingerprint density at radius 1 is 1.16 bits per heavy atom. The summed E-state index contributed by atoms with van der Waals surface area (Å²) in [5.41, 5.74) is 5.03. The van der Waals surface area contributed by atoms with Crippen molar-refractivity contribution in [3.8, 4) is 0 Å². The molecule has 0 bridgehead atoms. The number of hydrogen-bond donors (Lipinski definition) is 1. The van der Waals surface area contributed by atoms with Crippen LogP contribution in [0.5, 0.6) is 0 Å². The Hall–Kier alpha value is -2.02. The Labute approximate surface area is 114 Å². The first-order valence-corrected chi connectivity index (χ1v) is 6.99. The monoisotopic (exact) mass is 249 g/mol. The summed E-state index contributed by atoms with van der Waals surface area (Å²) in [7, 11) is 0. The molecule has 0 saturated carbocycles. The van der Waals surface area contributed by atoms with E-state index in [9.17, 15) is 0 Å². The van der Waals surface area contributed by atoms with Crippen LogP contribution in [-0.2, 0) is 6.42 Å². The number of hydrogen-bond acceptors (Lipinski definition) is 0. The zero-order chi connectivity index (χ0) is 13.2. The average Bonchev–Trinajstić information content (AvgIpc) is 2.83. The molecule has 0 amide bonds. The van der Waals surface area contributed by atoms with E-state index in [0.717, 1.165) is 6.42 Å². The van der Waals surface area contributed by atoms with Crippen LogP contribution in [0.1, 0.15) is 30.9 Å². The van der Waals surface area contributed by atoms with Gasteiger partial charge in [-0.1, -0.05) is 44.2 Å². The molecule has 2 aromatic carbocycles. The Balaban J connectivity index is 2.27. The first-order valence-electron chi connectivity index (χ1n) is 6.99. The van der Waals surface area contributed by atoms with Crippen LogP contribution in [0.15, 0.2) is 43.0 Å². The second kappa shape index (κ2) is 4.93. The van der Waals surface area contributed by atoms with Crippen LogP contribution < -0.4 is 0 Å². The Morgan fingerprint density at radius 2 is 2.00 bits per heavy atom. The first kappa shape index (κ1) is 12.0. The number of rotatable bonds is 4. The lowest BCUT2D eigenvalue weighted by molar-refractivity contribution is 0.796. The molecule has 96 valence electrons. The van der Waals surface area contributed by atoms with Gasteiger partial charge in [-0.3, -0.25) is 0 Å². The van der Waals surface area contributed by atoms with Gasteiger partial charge in [-0.25, -0.2) is 0 Å². The minimum Gasteiger partial charge on any atom is -0.354 e. The number of benzene rings is 2. The van der Waals surface area contributed by atoms with E-state index >= 15 is 0 Å². The summed E-state index contributed by atoms with van der Waals surface area (Å²) in [6.45, 7) is 6.19. The molecule has 0 spiro atoms. The smallest absolute Gasteiger partial charge is 0.0538 e. The lowest BCUT2D eigenvalue weighted by atomic mass is 10.0. The highest BCUT2D eigenvalue weighted by molar-refractivity contribution is 6.09. The summed E-state index contributed by atoms with van der Waals surface area (Å²) < 4.78 is 0. The molecule has 1 heteroatoms. The lowest BCUT2D eigenvalue weighted by Crippen LogP contribution is -1.87. The highest BCUT2D eigenvalue weighted by Crippen LogP contribution is 2.30. The van der Waals surface area contributed by atoms with E-state index in [4.69, 9.17) is 0 Å². The molecule has 1 aromatic heterocycles. The third-order valence-electron chi connectivity index (χ3n) is 3.74. The van der Waals surface area contributed by atoms with Gasteiger partial charge in [0.2, 0.25) is 0 Å². The fourth-order valence-corrected chi connectivity index (χ4v) is 2.73. The summed E-state index contributed by atoms with van der Waals surface area (Å²) >= 11 is 0. The quantitative estimate of drug-likeness (QED) is 0.645. The summed E-state index contributed by atoms with van der Waals surface area (Å²) in [6, 6.07) is 13.1. The number of para-hydroxylation sites is 1. The van der Waals surface area contributed by atoms with Crippen molar-refractivity contribution in [3.05, 3.63) is 54.1 Å². The van der Waals surface area contributed by atoms with E-state index in [1.54, 1.807) is 0 Å². The molecule has 0 aliphatic rings. The summed E-state index contributed by atoms with van der Waals surface area (Å²) in [5, 5.41) is 2.62. The molecule has 0 unspecified atom stereocenters. The summed E-state index contributed by atoms with van der Waals surface area (Å²) in [6.07, 6.45) is 5.57. The van der Waals surface area contributed by atoms with E-state index in [1.807, 2.05) is 6.08 Å². The average molecular weight is 249 g/mol. The number of H-pyrrole nitrogens is 1. The SMILES string of the molecule is C=Cc1cc(CCCC)cc2c1[nH]c1ccccc12. The highest BCUT2D eigenvalue weighted by Gasteiger charge is 2.08. The Morgan fingerprint density at radius 3 is 2.79 bits per heavy atom. The van der Waals surface area contributed by atoms with Crippen molar-refractivity contribution >= 4 is 27.9 Å². The van der Waals surface area contributed by atoms with Crippen LogP contribution in [0.25, 0.3) is 27.9 Å². The number of aryl methyl sites for hydroxylation is 1. The molecule has 0 radical (unpaired) electrons. The predicted octanol–water partition coefficient (Wildman–Crippen LogP) is 5.31. The molecule has 1 heterocycles. The molecular weight excluding hydrogens is 230 g/mol. The van der Waals surface area contributed by atoms with E-state index in [0.29, 0.717) is 0 Å².